The minimum absolute atomic E-state index is 0.00574. The minimum Gasteiger partial charge on any atom is -0.495 e. The van der Waals surface area contributed by atoms with Crippen LogP contribution < -0.4 is 14.8 Å². The van der Waals surface area contributed by atoms with Gasteiger partial charge in [-0.25, -0.2) is 13.1 Å². The Labute approximate surface area is 179 Å². The van der Waals surface area contributed by atoms with Crippen LogP contribution in [-0.4, -0.2) is 40.7 Å². The van der Waals surface area contributed by atoms with Gasteiger partial charge in [0.15, 0.2) is 0 Å². The summed E-state index contributed by atoms with van der Waals surface area (Å²) in [5.74, 6) is -0.214. The third-order valence-electron chi connectivity index (χ3n) is 4.43. The van der Waals surface area contributed by atoms with Crippen LogP contribution in [0.1, 0.15) is 23.2 Å². The summed E-state index contributed by atoms with van der Waals surface area (Å²) in [6.45, 7) is 0.828. The summed E-state index contributed by atoms with van der Waals surface area (Å²) in [5, 5.41) is 3.21. The van der Waals surface area contributed by atoms with Gasteiger partial charge in [0.05, 0.1) is 34.4 Å². The molecule has 0 aromatic heterocycles. The van der Waals surface area contributed by atoms with Crippen molar-refractivity contribution < 1.29 is 22.7 Å². The molecule has 2 aromatic rings. The fourth-order valence-corrected chi connectivity index (χ4v) is 4.49. The van der Waals surface area contributed by atoms with Gasteiger partial charge in [0.25, 0.3) is 5.91 Å². The van der Waals surface area contributed by atoms with Gasteiger partial charge in [-0.05, 0) is 49.2 Å². The van der Waals surface area contributed by atoms with Gasteiger partial charge in [-0.2, -0.15) is 0 Å². The molecule has 0 radical (unpaired) electrons. The van der Waals surface area contributed by atoms with E-state index in [1.54, 1.807) is 0 Å². The first-order valence-electron chi connectivity index (χ1n) is 8.86. The van der Waals surface area contributed by atoms with Gasteiger partial charge in [0, 0.05) is 18.2 Å². The van der Waals surface area contributed by atoms with Crippen molar-refractivity contribution in [3.05, 3.63) is 52.0 Å². The van der Waals surface area contributed by atoms with Crippen LogP contribution in [0, 0.1) is 0 Å². The van der Waals surface area contributed by atoms with E-state index in [1.165, 1.54) is 43.5 Å². The van der Waals surface area contributed by atoms with Crippen molar-refractivity contribution in [2.24, 2.45) is 0 Å². The van der Waals surface area contributed by atoms with Crippen LogP contribution in [-0.2, 0) is 14.8 Å². The van der Waals surface area contributed by atoms with Crippen LogP contribution in [0.15, 0.2) is 41.3 Å². The molecular formula is C19H20Cl2N2O5S. The SMILES string of the molecule is COc1ccc(S(=O)(=O)NC[C@@H]2CCCO2)cc1NC(=O)c1ccc(Cl)cc1Cl. The largest absolute Gasteiger partial charge is 0.495 e. The summed E-state index contributed by atoms with van der Waals surface area (Å²) in [7, 11) is -2.37. The fourth-order valence-electron chi connectivity index (χ4n) is 2.91. The van der Waals surface area contributed by atoms with E-state index < -0.39 is 15.9 Å². The maximum Gasteiger partial charge on any atom is 0.257 e. The molecule has 10 heteroatoms. The van der Waals surface area contributed by atoms with E-state index in [2.05, 4.69) is 10.0 Å². The van der Waals surface area contributed by atoms with Crippen LogP contribution in [0.2, 0.25) is 10.0 Å². The first-order chi connectivity index (χ1) is 13.8. The van der Waals surface area contributed by atoms with Crippen molar-refractivity contribution in [2.45, 2.75) is 23.8 Å². The molecule has 0 bridgehead atoms. The van der Waals surface area contributed by atoms with Crippen LogP contribution in [0.5, 0.6) is 5.75 Å². The highest BCUT2D eigenvalue weighted by molar-refractivity contribution is 7.89. The van der Waals surface area contributed by atoms with Gasteiger partial charge < -0.3 is 14.8 Å². The lowest BCUT2D eigenvalue weighted by Gasteiger charge is -2.15. The topological polar surface area (TPSA) is 93.7 Å². The zero-order valence-electron chi connectivity index (χ0n) is 15.6. The standard InChI is InChI=1S/C19H20Cl2N2O5S/c1-27-18-7-5-14(29(25,26)22-11-13-3-2-8-28-13)10-17(18)23-19(24)15-6-4-12(20)9-16(15)21/h4-7,9-10,13,22H,2-3,8,11H2,1H3,(H,23,24)/t13-/m0/s1. The van der Waals surface area contributed by atoms with E-state index in [0.717, 1.165) is 12.8 Å². The van der Waals surface area contributed by atoms with Crippen molar-refractivity contribution in [3.63, 3.8) is 0 Å². The van der Waals surface area contributed by atoms with Gasteiger partial charge in [0.1, 0.15) is 5.75 Å². The Morgan fingerprint density at radius 3 is 2.69 bits per heavy atom. The molecule has 0 saturated carbocycles. The Kier molecular flexibility index (Phi) is 7.02. The van der Waals surface area contributed by atoms with E-state index in [9.17, 15) is 13.2 Å². The Morgan fingerprint density at radius 1 is 1.24 bits per heavy atom. The molecule has 0 spiro atoms. The lowest BCUT2D eigenvalue weighted by Crippen LogP contribution is -2.31. The second kappa shape index (κ2) is 9.32. The van der Waals surface area contributed by atoms with E-state index in [0.29, 0.717) is 17.4 Å². The first-order valence-corrected chi connectivity index (χ1v) is 11.1. The maximum absolute atomic E-state index is 12.6. The van der Waals surface area contributed by atoms with Gasteiger partial charge in [-0.1, -0.05) is 23.2 Å². The van der Waals surface area contributed by atoms with E-state index in [1.807, 2.05) is 0 Å². The molecule has 7 nitrogen and oxygen atoms in total. The van der Waals surface area contributed by atoms with Gasteiger partial charge in [-0.15, -0.1) is 0 Å². The summed E-state index contributed by atoms with van der Waals surface area (Å²) in [5.41, 5.74) is 0.395. The smallest absolute Gasteiger partial charge is 0.257 e. The number of carbonyl (C=O) groups is 1. The quantitative estimate of drug-likeness (QED) is 0.659. The lowest BCUT2D eigenvalue weighted by molar-refractivity contribution is 0.102. The van der Waals surface area contributed by atoms with E-state index >= 15 is 0 Å². The molecule has 1 atom stereocenters. The van der Waals surface area contributed by atoms with Crippen LogP contribution in [0.4, 0.5) is 5.69 Å². The summed E-state index contributed by atoms with van der Waals surface area (Å²) in [6.07, 6.45) is 1.60. The normalized spacial score (nSPS) is 16.6. The summed E-state index contributed by atoms with van der Waals surface area (Å²) in [4.78, 5) is 12.6. The van der Waals surface area contributed by atoms with Gasteiger partial charge >= 0.3 is 0 Å². The Bertz CT molecular complexity index is 1010. The Hall–Kier alpha value is -1.84. The van der Waals surface area contributed by atoms with E-state index in [4.69, 9.17) is 32.7 Å². The zero-order chi connectivity index (χ0) is 21.0. The van der Waals surface area contributed by atoms with Crippen LogP contribution >= 0.6 is 23.2 Å². The zero-order valence-corrected chi connectivity index (χ0v) is 17.9. The molecule has 1 aliphatic heterocycles. The Balaban J connectivity index is 1.81. The molecule has 2 aromatic carbocycles. The number of amides is 1. The van der Waals surface area contributed by atoms with Crippen molar-refractivity contribution in [1.82, 2.24) is 4.72 Å². The number of carbonyl (C=O) groups excluding carboxylic acids is 1. The van der Waals surface area contributed by atoms with Crippen LogP contribution in [0.25, 0.3) is 0 Å². The molecule has 1 heterocycles. The highest BCUT2D eigenvalue weighted by Gasteiger charge is 2.22. The predicted octanol–water partition coefficient (Wildman–Crippen LogP) is 3.71. The third-order valence-corrected chi connectivity index (χ3v) is 6.40. The average molecular weight is 459 g/mol. The molecule has 2 N–H and O–H groups in total. The van der Waals surface area contributed by atoms with Gasteiger partial charge in [-0.3, -0.25) is 4.79 Å². The first kappa shape index (κ1) is 21.9. The number of sulfonamides is 1. The predicted molar refractivity (Wildman–Crippen MR) is 112 cm³/mol. The minimum atomic E-state index is -3.79. The highest BCUT2D eigenvalue weighted by atomic mass is 35.5. The number of methoxy groups -OCH3 is 1. The molecule has 156 valence electrons. The molecule has 29 heavy (non-hydrogen) atoms. The highest BCUT2D eigenvalue weighted by Crippen LogP contribution is 2.29. The summed E-state index contributed by atoms with van der Waals surface area (Å²) in [6, 6.07) is 8.68. The number of hydrogen-bond acceptors (Lipinski definition) is 5. The molecule has 1 fully saturated rings. The van der Waals surface area contributed by atoms with Crippen molar-refractivity contribution in [1.29, 1.82) is 0 Å². The monoisotopic (exact) mass is 458 g/mol. The summed E-state index contributed by atoms with van der Waals surface area (Å²) < 4.78 is 38.5. The van der Waals surface area contributed by atoms with Gasteiger partial charge in [0.2, 0.25) is 10.0 Å². The second-order valence-electron chi connectivity index (χ2n) is 6.43. The van der Waals surface area contributed by atoms with Crippen molar-refractivity contribution >= 4 is 44.8 Å². The number of hydrogen-bond donors (Lipinski definition) is 2. The number of ether oxygens (including phenoxy) is 2. The number of halogens is 2. The molecule has 1 saturated heterocycles. The van der Waals surface area contributed by atoms with Crippen molar-refractivity contribution in [2.75, 3.05) is 25.6 Å². The number of rotatable bonds is 7. The summed E-state index contributed by atoms with van der Waals surface area (Å²) >= 11 is 11.9. The van der Waals surface area contributed by atoms with Crippen LogP contribution in [0.3, 0.4) is 0 Å². The number of benzene rings is 2. The molecule has 0 unspecified atom stereocenters. The second-order valence-corrected chi connectivity index (χ2v) is 9.04. The molecule has 3 rings (SSSR count). The molecule has 1 aliphatic rings. The molecule has 1 amide bonds. The van der Waals surface area contributed by atoms with Crippen molar-refractivity contribution in [3.8, 4) is 5.75 Å². The molecule has 0 aliphatic carbocycles. The number of nitrogens with one attached hydrogen (secondary N) is 2. The maximum atomic E-state index is 12.6. The van der Waals surface area contributed by atoms with E-state index in [-0.39, 0.29) is 33.8 Å². The average Bonchev–Trinajstić information content (AvgIpc) is 3.20. The number of anilines is 1. The fraction of sp³-hybridized carbons (Fsp3) is 0.316. The third kappa shape index (κ3) is 5.40. The lowest BCUT2D eigenvalue weighted by atomic mass is 10.2. The molecular weight excluding hydrogens is 439 g/mol. The Morgan fingerprint density at radius 2 is 2.03 bits per heavy atom.